The van der Waals surface area contributed by atoms with Crippen molar-refractivity contribution in [3.63, 3.8) is 0 Å². The van der Waals surface area contributed by atoms with Gasteiger partial charge < -0.3 is 4.74 Å². The SMILES string of the molecule is CCC(C)(C)c1ccc(OCCCCNS(=O)(=O)c2c(C)cc(C)cc2C)c(C(C)(C)CC)c1. The van der Waals surface area contributed by atoms with Crippen LogP contribution in [-0.2, 0) is 20.9 Å². The molecule has 0 atom stereocenters. The molecule has 0 fully saturated rings. The maximum atomic E-state index is 12.8. The summed E-state index contributed by atoms with van der Waals surface area (Å²) >= 11 is 0. The molecule has 2 rings (SSSR count). The van der Waals surface area contributed by atoms with Crippen LogP contribution in [0.15, 0.2) is 35.2 Å². The number of hydrogen-bond acceptors (Lipinski definition) is 3. The first-order valence-electron chi connectivity index (χ1n) is 12.6. The summed E-state index contributed by atoms with van der Waals surface area (Å²) in [7, 11) is -3.52. The van der Waals surface area contributed by atoms with E-state index in [1.165, 1.54) is 11.1 Å². The van der Waals surface area contributed by atoms with Crippen LogP contribution in [0.5, 0.6) is 5.75 Å². The molecule has 0 heterocycles. The van der Waals surface area contributed by atoms with Crippen molar-refractivity contribution in [2.45, 2.75) is 104 Å². The molecule has 2 aromatic rings. The van der Waals surface area contributed by atoms with E-state index in [-0.39, 0.29) is 10.8 Å². The molecule has 0 unspecified atom stereocenters. The fourth-order valence-electron chi connectivity index (χ4n) is 4.28. The van der Waals surface area contributed by atoms with Gasteiger partial charge in [-0.15, -0.1) is 0 Å². The predicted octanol–water partition coefficient (Wildman–Crippen LogP) is 7.12. The van der Waals surface area contributed by atoms with E-state index in [1.54, 1.807) is 0 Å². The van der Waals surface area contributed by atoms with Gasteiger partial charge in [0.1, 0.15) is 5.75 Å². The van der Waals surface area contributed by atoms with Gasteiger partial charge in [0.25, 0.3) is 0 Å². The lowest BCUT2D eigenvalue weighted by Gasteiger charge is -2.30. The first-order valence-corrected chi connectivity index (χ1v) is 14.1. The highest BCUT2D eigenvalue weighted by Gasteiger charge is 2.26. The fraction of sp³-hybridized carbons (Fsp3) is 0.586. The van der Waals surface area contributed by atoms with E-state index >= 15 is 0 Å². The maximum absolute atomic E-state index is 12.8. The van der Waals surface area contributed by atoms with Crippen LogP contribution in [0.1, 0.15) is 95.0 Å². The predicted molar refractivity (Wildman–Crippen MR) is 144 cm³/mol. The molecule has 5 heteroatoms. The smallest absolute Gasteiger partial charge is 0.241 e. The van der Waals surface area contributed by atoms with Crippen molar-refractivity contribution in [3.05, 3.63) is 58.1 Å². The van der Waals surface area contributed by atoms with Crippen LogP contribution in [-0.4, -0.2) is 21.6 Å². The molecular weight excluding hydrogens is 442 g/mol. The van der Waals surface area contributed by atoms with Crippen LogP contribution in [0.2, 0.25) is 0 Å². The van der Waals surface area contributed by atoms with E-state index < -0.39 is 10.0 Å². The number of sulfonamides is 1. The molecule has 0 bridgehead atoms. The number of rotatable bonds is 12. The van der Waals surface area contributed by atoms with Crippen molar-refractivity contribution in [1.82, 2.24) is 4.72 Å². The summed E-state index contributed by atoms with van der Waals surface area (Å²) in [5.74, 6) is 0.939. The first kappa shape index (κ1) is 28.4. The summed E-state index contributed by atoms with van der Waals surface area (Å²) in [5.41, 5.74) is 5.39. The van der Waals surface area contributed by atoms with Gasteiger partial charge in [0.15, 0.2) is 0 Å². The van der Waals surface area contributed by atoms with E-state index in [2.05, 4.69) is 64.5 Å². The molecule has 0 radical (unpaired) electrons. The number of hydrogen-bond donors (Lipinski definition) is 1. The Morgan fingerprint density at radius 2 is 1.44 bits per heavy atom. The zero-order chi connectivity index (χ0) is 25.7. The topological polar surface area (TPSA) is 55.4 Å². The minimum Gasteiger partial charge on any atom is -0.493 e. The highest BCUT2D eigenvalue weighted by atomic mass is 32.2. The summed E-state index contributed by atoms with van der Waals surface area (Å²) in [6, 6.07) is 10.5. The third kappa shape index (κ3) is 6.85. The highest BCUT2D eigenvalue weighted by Crippen LogP contribution is 2.38. The lowest BCUT2D eigenvalue weighted by atomic mass is 9.76. The lowest BCUT2D eigenvalue weighted by Crippen LogP contribution is -2.26. The second-order valence-corrected chi connectivity index (χ2v) is 12.6. The molecule has 0 aromatic heterocycles. The van der Waals surface area contributed by atoms with E-state index in [4.69, 9.17) is 4.74 Å². The molecule has 4 nitrogen and oxygen atoms in total. The van der Waals surface area contributed by atoms with Gasteiger partial charge in [0.05, 0.1) is 11.5 Å². The molecule has 2 aromatic carbocycles. The van der Waals surface area contributed by atoms with Gasteiger partial charge >= 0.3 is 0 Å². The number of nitrogens with one attached hydrogen (secondary N) is 1. The summed E-state index contributed by atoms with van der Waals surface area (Å²) in [6.45, 7) is 20.2. The molecule has 34 heavy (non-hydrogen) atoms. The lowest BCUT2D eigenvalue weighted by molar-refractivity contribution is 0.296. The Balaban J connectivity index is 2.00. The molecule has 0 saturated carbocycles. The molecule has 0 saturated heterocycles. The zero-order valence-electron chi connectivity index (χ0n) is 22.8. The Morgan fingerprint density at radius 1 is 0.853 bits per heavy atom. The van der Waals surface area contributed by atoms with Crippen molar-refractivity contribution in [2.75, 3.05) is 13.2 Å². The Bertz CT molecular complexity index is 1060. The van der Waals surface area contributed by atoms with Gasteiger partial charge in [-0.2, -0.15) is 0 Å². The fourth-order valence-corrected chi connectivity index (χ4v) is 5.80. The van der Waals surface area contributed by atoms with Gasteiger partial charge in [0, 0.05) is 12.1 Å². The molecule has 0 aliphatic carbocycles. The van der Waals surface area contributed by atoms with Crippen molar-refractivity contribution in [2.24, 2.45) is 0 Å². The molecule has 0 aliphatic rings. The second kappa shape index (κ2) is 11.3. The number of benzene rings is 2. The van der Waals surface area contributed by atoms with E-state index in [1.807, 2.05) is 32.9 Å². The van der Waals surface area contributed by atoms with Crippen molar-refractivity contribution in [3.8, 4) is 5.75 Å². The van der Waals surface area contributed by atoms with Gasteiger partial charge in [-0.3, -0.25) is 0 Å². The van der Waals surface area contributed by atoms with Crippen LogP contribution < -0.4 is 9.46 Å². The Labute approximate surface area is 208 Å². The average Bonchev–Trinajstić information content (AvgIpc) is 2.75. The largest absolute Gasteiger partial charge is 0.493 e. The summed E-state index contributed by atoms with van der Waals surface area (Å²) in [6.07, 6.45) is 3.61. The summed E-state index contributed by atoms with van der Waals surface area (Å²) in [5, 5.41) is 0. The van der Waals surface area contributed by atoms with Crippen LogP contribution in [0.3, 0.4) is 0 Å². The number of unbranched alkanes of at least 4 members (excludes halogenated alkanes) is 1. The van der Waals surface area contributed by atoms with Crippen LogP contribution in [0.4, 0.5) is 0 Å². The number of aryl methyl sites for hydroxylation is 3. The van der Waals surface area contributed by atoms with Crippen LogP contribution in [0.25, 0.3) is 0 Å². The Hall–Kier alpha value is -1.85. The molecular formula is C29H45NO3S. The average molecular weight is 488 g/mol. The van der Waals surface area contributed by atoms with Gasteiger partial charge in [-0.1, -0.05) is 71.4 Å². The molecule has 0 amide bonds. The van der Waals surface area contributed by atoms with Crippen LogP contribution >= 0.6 is 0 Å². The highest BCUT2D eigenvalue weighted by molar-refractivity contribution is 7.89. The quantitative estimate of drug-likeness (QED) is 0.324. The van der Waals surface area contributed by atoms with Crippen LogP contribution in [0, 0.1) is 20.8 Å². The maximum Gasteiger partial charge on any atom is 0.241 e. The summed E-state index contributed by atoms with van der Waals surface area (Å²) < 4.78 is 34.6. The van der Waals surface area contributed by atoms with Gasteiger partial charge in [-0.05, 0) is 80.0 Å². The standard InChI is InChI=1S/C29H45NO3S/c1-10-28(6,7)24-14-15-26(25(20-24)29(8,9)11-2)33-17-13-12-16-30-34(31,32)27-22(4)18-21(3)19-23(27)5/h14-15,18-20,30H,10-13,16-17H2,1-9H3. The van der Waals surface area contributed by atoms with Crippen molar-refractivity contribution < 1.29 is 13.2 Å². The molecule has 1 N–H and O–H groups in total. The molecule has 190 valence electrons. The Morgan fingerprint density at radius 3 is 2.00 bits per heavy atom. The van der Waals surface area contributed by atoms with E-state index in [0.717, 1.165) is 48.1 Å². The molecule has 0 aliphatic heterocycles. The minimum atomic E-state index is -3.52. The normalized spacial score (nSPS) is 12.7. The molecule has 0 spiro atoms. The first-order chi connectivity index (χ1) is 15.7. The Kier molecular flexibility index (Phi) is 9.40. The third-order valence-corrected chi connectivity index (χ3v) is 9.02. The third-order valence-electron chi connectivity index (χ3n) is 7.25. The second-order valence-electron chi connectivity index (χ2n) is 10.9. The van der Waals surface area contributed by atoms with Crippen molar-refractivity contribution in [1.29, 1.82) is 0 Å². The van der Waals surface area contributed by atoms with E-state index in [9.17, 15) is 8.42 Å². The van der Waals surface area contributed by atoms with Crippen molar-refractivity contribution >= 4 is 10.0 Å². The van der Waals surface area contributed by atoms with E-state index in [0.29, 0.717) is 18.0 Å². The number of ether oxygens (including phenoxy) is 1. The monoisotopic (exact) mass is 487 g/mol. The zero-order valence-corrected chi connectivity index (χ0v) is 23.6. The van der Waals surface area contributed by atoms with Gasteiger partial charge in [-0.25, -0.2) is 13.1 Å². The summed E-state index contributed by atoms with van der Waals surface area (Å²) in [4.78, 5) is 0.399. The minimum absolute atomic E-state index is 0.0224. The van der Waals surface area contributed by atoms with Gasteiger partial charge in [0.2, 0.25) is 10.0 Å².